The average molecular weight is 411 g/mol. The van der Waals surface area contributed by atoms with Crippen molar-refractivity contribution >= 4 is 17.5 Å². The van der Waals surface area contributed by atoms with Gasteiger partial charge in [0.15, 0.2) is 0 Å². The van der Waals surface area contributed by atoms with Gasteiger partial charge in [0.2, 0.25) is 5.91 Å². The zero-order valence-electron chi connectivity index (χ0n) is 17.1. The Hall–Kier alpha value is -2.77. The van der Waals surface area contributed by atoms with Gasteiger partial charge in [0.05, 0.1) is 19.3 Å². The van der Waals surface area contributed by atoms with Crippen LogP contribution in [0, 0.1) is 5.82 Å². The van der Waals surface area contributed by atoms with Gasteiger partial charge >= 0.3 is 0 Å². The molecule has 0 bridgehead atoms. The number of rotatable bonds is 5. The van der Waals surface area contributed by atoms with Gasteiger partial charge in [0.25, 0.3) is 5.91 Å². The molecule has 30 heavy (non-hydrogen) atoms. The number of anilines is 1. The number of fused-ring (bicyclic) bond motifs is 1. The Morgan fingerprint density at radius 3 is 2.53 bits per heavy atom. The summed E-state index contributed by atoms with van der Waals surface area (Å²) in [5.74, 6) is -0.417. The summed E-state index contributed by atoms with van der Waals surface area (Å²) in [7, 11) is 0. The second-order valence-corrected chi connectivity index (χ2v) is 7.69. The molecule has 0 spiro atoms. The maximum absolute atomic E-state index is 13.4. The van der Waals surface area contributed by atoms with Crippen LogP contribution in [0.15, 0.2) is 42.5 Å². The average Bonchev–Trinajstić information content (AvgIpc) is 3.19. The molecule has 2 aromatic rings. The van der Waals surface area contributed by atoms with E-state index in [4.69, 9.17) is 4.74 Å². The molecule has 0 saturated carbocycles. The molecular formula is C23H26FN3O3. The number of halogens is 1. The summed E-state index contributed by atoms with van der Waals surface area (Å²) in [4.78, 5) is 28.5. The Morgan fingerprint density at radius 2 is 1.83 bits per heavy atom. The van der Waals surface area contributed by atoms with Crippen molar-refractivity contribution in [2.45, 2.75) is 19.4 Å². The quantitative estimate of drug-likeness (QED) is 0.822. The highest BCUT2D eigenvalue weighted by atomic mass is 19.1. The van der Waals surface area contributed by atoms with Gasteiger partial charge in [-0.15, -0.1) is 0 Å². The molecule has 0 radical (unpaired) electrons. The second-order valence-electron chi connectivity index (χ2n) is 7.69. The molecule has 2 amide bonds. The van der Waals surface area contributed by atoms with Gasteiger partial charge < -0.3 is 15.0 Å². The van der Waals surface area contributed by atoms with Crippen LogP contribution in [0.5, 0.6) is 0 Å². The number of carbonyl (C=O) groups excluding carboxylic acids is 2. The Morgan fingerprint density at radius 1 is 1.10 bits per heavy atom. The molecule has 6 nitrogen and oxygen atoms in total. The molecule has 1 N–H and O–H groups in total. The number of morpholine rings is 1. The molecule has 4 rings (SSSR count). The predicted molar refractivity (Wildman–Crippen MR) is 112 cm³/mol. The second kappa shape index (κ2) is 8.93. The highest BCUT2D eigenvalue weighted by Crippen LogP contribution is 2.29. The van der Waals surface area contributed by atoms with E-state index in [1.54, 1.807) is 30.0 Å². The molecule has 0 aromatic heterocycles. The van der Waals surface area contributed by atoms with E-state index >= 15 is 0 Å². The van der Waals surface area contributed by atoms with E-state index in [-0.39, 0.29) is 23.7 Å². The Balaban J connectivity index is 1.47. The third kappa shape index (κ3) is 4.37. The lowest BCUT2D eigenvalue weighted by Crippen LogP contribution is -2.43. The molecule has 158 valence electrons. The Labute approximate surface area is 175 Å². The van der Waals surface area contributed by atoms with Crippen LogP contribution in [-0.2, 0) is 16.0 Å². The molecule has 2 aliphatic heterocycles. The molecular weight excluding hydrogens is 385 g/mol. The molecule has 1 unspecified atom stereocenters. The highest BCUT2D eigenvalue weighted by Gasteiger charge is 2.25. The summed E-state index contributed by atoms with van der Waals surface area (Å²) < 4.78 is 18.8. The van der Waals surface area contributed by atoms with E-state index in [1.165, 1.54) is 12.1 Å². The van der Waals surface area contributed by atoms with Crippen molar-refractivity contribution in [1.29, 1.82) is 0 Å². The van der Waals surface area contributed by atoms with E-state index in [0.29, 0.717) is 31.9 Å². The smallest absolute Gasteiger partial charge is 0.251 e. The Kier molecular flexibility index (Phi) is 6.11. The number of amides is 2. The number of nitrogens with zero attached hydrogens (tertiary/aromatic N) is 2. The first-order valence-electron chi connectivity index (χ1n) is 10.3. The van der Waals surface area contributed by atoms with Crippen molar-refractivity contribution < 1.29 is 18.7 Å². The molecule has 2 aromatic carbocycles. The lowest BCUT2D eigenvalue weighted by atomic mass is 10.0. The lowest BCUT2D eigenvalue weighted by molar-refractivity contribution is -0.116. The Bertz CT molecular complexity index is 926. The molecule has 7 heteroatoms. The predicted octanol–water partition coefficient (Wildman–Crippen LogP) is 2.54. The molecule has 2 aliphatic rings. The summed E-state index contributed by atoms with van der Waals surface area (Å²) in [6.07, 6.45) is 0.752. The van der Waals surface area contributed by atoms with Crippen molar-refractivity contribution in [2.24, 2.45) is 0 Å². The van der Waals surface area contributed by atoms with Crippen molar-refractivity contribution in [3.8, 4) is 0 Å². The van der Waals surface area contributed by atoms with Gasteiger partial charge in [-0.1, -0.05) is 12.1 Å². The summed E-state index contributed by atoms with van der Waals surface area (Å²) >= 11 is 0. The normalized spacial score (nSPS) is 17.5. The SMILES string of the molecule is CC(=O)N1CCc2cc(C(=O)NCC(c3ccc(F)cc3)N3CCOCC3)ccc21. The molecule has 1 atom stereocenters. The summed E-state index contributed by atoms with van der Waals surface area (Å²) in [5, 5.41) is 3.04. The van der Waals surface area contributed by atoms with Gasteiger partial charge in [0, 0.05) is 44.4 Å². The molecule has 1 fully saturated rings. The third-order valence-electron chi connectivity index (χ3n) is 5.81. The first-order valence-corrected chi connectivity index (χ1v) is 10.3. The van der Waals surface area contributed by atoms with Gasteiger partial charge in [-0.05, 0) is 47.9 Å². The van der Waals surface area contributed by atoms with Crippen molar-refractivity contribution in [1.82, 2.24) is 10.2 Å². The van der Waals surface area contributed by atoms with Crippen LogP contribution in [0.1, 0.15) is 34.5 Å². The zero-order valence-corrected chi connectivity index (χ0v) is 17.1. The minimum absolute atomic E-state index is 0.0126. The van der Waals surface area contributed by atoms with E-state index in [0.717, 1.165) is 36.3 Å². The van der Waals surface area contributed by atoms with Crippen LogP contribution in [0.25, 0.3) is 0 Å². The molecule has 1 saturated heterocycles. The molecule has 2 heterocycles. The highest BCUT2D eigenvalue weighted by molar-refractivity contribution is 5.97. The van der Waals surface area contributed by atoms with Gasteiger partial charge in [-0.3, -0.25) is 14.5 Å². The fraction of sp³-hybridized carbons (Fsp3) is 0.391. The van der Waals surface area contributed by atoms with Crippen molar-refractivity contribution in [3.63, 3.8) is 0 Å². The van der Waals surface area contributed by atoms with E-state index < -0.39 is 0 Å². The van der Waals surface area contributed by atoms with Gasteiger partial charge in [-0.25, -0.2) is 4.39 Å². The molecule has 0 aliphatic carbocycles. The van der Waals surface area contributed by atoms with Crippen LogP contribution in [0.2, 0.25) is 0 Å². The monoisotopic (exact) mass is 411 g/mol. The number of carbonyl (C=O) groups is 2. The zero-order chi connectivity index (χ0) is 21.1. The minimum atomic E-state index is -0.277. The first-order chi connectivity index (χ1) is 14.5. The fourth-order valence-corrected chi connectivity index (χ4v) is 4.19. The number of ether oxygens (including phenoxy) is 1. The van der Waals surface area contributed by atoms with Crippen LogP contribution >= 0.6 is 0 Å². The van der Waals surface area contributed by atoms with Gasteiger partial charge in [0.1, 0.15) is 5.82 Å². The van der Waals surface area contributed by atoms with Crippen LogP contribution in [0.3, 0.4) is 0 Å². The maximum atomic E-state index is 13.4. The first kappa shape index (κ1) is 20.5. The van der Waals surface area contributed by atoms with Gasteiger partial charge in [-0.2, -0.15) is 0 Å². The van der Waals surface area contributed by atoms with Crippen LogP contribution in [-0.4, -0.2) is 56.1 Å². The van der Waals surface area contributed by atoms with E-state index in [9.17, 15) is 14.0 Å². The third-order valence-corrected chi connectivity index (χ3v) is 5.81. The number of nitrogens with one attached hydrogen (secondary N) is 1. The number of hydrogen-bond donors (Lipinski definition) is 1. The topological polar surface area (TPSA) is 61.9 Å². The maximum Gasteiger partial charge on any atom is 0.251 e. The van der Waals surface area contributed by atoms with E-state index in [1.807, 2.05) is 12.1 Å². The van der Waals surface area contributed by atoms with Crippen molar-refractivity contribution in [2.75, 3.05) is 44.3 Å². The van der Waals surface area contributed by atoms with Crippen LogP contribution < -0.4 is 10.2 Å². The number of hydrogen-bond acceptors (Lipinski definition) is 4. The largest absolute Gasteiger partial charge is 0.379 e. The fourth-order valence-electron chi connectivity index (χ4n) is 4.19. The lowest BCUT2D eigenvalue weighted by Gasteiger charge is -2.35. The summed E-state index contributed by atoms with van der Waals surface area (Å²) in [6.45, 7) is 5.43. The standard InChI is InChI=1S/C23H26FN3O3/c1-16(28)27-9-8-18-14-19(4-7-21(18)27)23(29)25-15-22(26-10-12-30-13-11-26)17-2-5-20(24)6-3-17/h2-7,14,22H,8-13,15H2,1H3,(H,25,29). The minimum Gasteiger partial charge on any atom is -0.379 e. The van der Waals surface area contributed by atoms with Crippen molar-refractivity contribution in [3.05, 3.63) is 65.0 Å². The van der Waals surface area contributed by atoms with Crippen LogP contribution in [0.4, 0.5) is 10.1 Å². The summed E-state index contributed by atoms with van der Waals surface area (Å²) in [6, 6.07) is 11.9. The van der Waals surface area contributed by atoms with E-state index in [2.05, 4.69) is 10.2 Å². The number of benzene rings is 2. The summed E-state index contributed by atoms with van der Waals surface area (Å²) in [5.41, 5.74) is 3.45.